The molecule has 0 unspecified atom stereocenters. The van der Waals surface area contributed by atoms with Gasteiger partial charge in [-0.3, -0.25) is 4.79 Å². The number of carbonyl (C=O) groups is 1. The van der Waals surface area contributed by atoms with Crippen molar-refractivity contribution >= 4 is 15.9 Å². The highest BCUT2D eigenvalue weighted by Gasteiger charge is 2.16. The Labute approximate surface area is 148 Å². The van der Waals surface area contributed by atoms with Gasteiger partial charge in [0.2, 0.25) is 15.9 Å². The molecule has 2 rings (SSSR count). The normalized spacial score (nSPS) is 11.5. The molecule has 0 aliphatic carbocycles. The van der Waals surface area contributed by atoms with Gasteiger partial charge in [-0.25, -0.2) is 18.1 Å². The number of hydrogen-bond donors (Lipinski definition) is 2. The third-order valence-electron chi connectivity index (χ3n) is 3.87. The van der Waals surface area contributed by atoms with Gasteiger partial charge in [-0.05, 0) is 31.0 Å². The van der Waals surface area contributed by atoms with Gasteiger partial charge in [0.1, 0.15) is 5.82 Å². The van der Waals surface area contributed by atoms with Crippen LogP contribution in [0.15, 0.2) is 35.5 Å². The summed E-state index contributed by atoms with van der Waals surface area (Å²) in [6.07, 6.45) is 4.27. The van der Waals surface area contributed by atoms with Crippen LogP contribution >= 0.6 is 0 Å². The first-order chi connectivity index (χ1) is 11.8. The van der Waals surface area contributed by atoms with Gasteiger partial charge < -0.3 is 9.88 Å². The zero-order valence-electron chi connectivity index (χ0n) is 14.7. The molecule has 0 spiro atoms. The number of nitrogens with one attached hydrogen (secondary N) is 2. The first-order valence-corrected chi connectivity index (χ1v) is 9.58. The zero-order chi connectivity index (χ0) is 18.4. The molecule has 7 nitrogen and oxygen atoms in total. The van der Waals surface area contributed by atoms with Gasteiger partial charge in [-0.2, -0.15) is 0 Å². The van der Waals surface area contributed by atoms with Crippen molar-refractivity contribution in [3.8, 4) is 0 Å². The van der Waals surface area contributed by atoms with Crippen LogP contribution in [-0.2, 0) is 28.3 Å². The third kappa shape index (κ3) is 5.40. The Bertz CT molecular complexity index is 843. The van der Waals surface area contributed by atoms with Crippen LogP contribution in [0, 0.1) is 13.8 Å². The van der Waals surface area contributed by atoms with Crippen LogP contribution in [0.5, 0.6) is 0 Å². The average molecular weight is 364 g/mol. The van der Waals surface area contributed by atoms with Crippen LogP contribution < -0.4 is 10.0 Å². The quantitative estimate of drug-likeness (QED) is 0.733. The largest absolute Gasteiger partial charge is 0.356 e. The van der Waals surface area contributed by atoms with Crippen LogP contribution in [0.2, 0.25) is 0 Å². The summed E-state index contributed by atoms with van der Waals surface area (Å²) in [4.78, 5) is 16.3. The number of amides is 1. The molecule has 0 bridgehead atoms. The summed E-state index contributed by atoms with van der Waals surface area (Å²) in [6.45, 7) is 4.11. The van der Waals surface area contributed by atoms with E-state index < -0.39 is 10.0 Å². The zero-order valence-corrected chi connectivity index (χ0v) is 15.6. The molecule has 0 saturated carbocycles. The molecule has 0 radical (unpaired) electrons. The summed E-state index contributed by atoms with van der Waals surface area (Å²) < 4.78 is 29.1. The highest BCUT2D eigenvalue weighted by molar-refractivity contribution is 7.89. The predicted octanol–water partition coefficient (Wildman–Crippen LogP) is 1.06. The summed E-state index contributed by atoms with van der Waals surface area (Å²) in [5.74, 6) is 0.689. The van der Waals surface area contributed by atoms with Gasteiger partial charge in [0.25, 0.3) is 0 Å². The third-order valence-corrected chi connectivity index (χ3v) is 5.47. The van der Waals surface area contributed by atoms with E-state index in [1.807, 2.05) is 30.8 Å². The molecule has 2 N–H and O–H groups in total. The van der Waals surface area contributed by atoms with Crippen LogP contribution in [0.1, 0.15) is 23.4 Å². The maximum absolute atomic E-state index is 12.3. The minimum absolute atomic E-state index is 0.0595. The smallest absolute Gasteiger partial charge is 0.240 e. The van der Waals surface area contributed by atoms with Gasteiger partial charge in [-0.15, -0.1) is 0 Å². The molecule has 1 heterocycles. The van der Waals surface area contributed by atoms with E-state index >= 15 is 0 Å². The molecule has 25 heavy (non-hydrogen) atoms. The molecule has 0 atom stereocenters. The minimum Gasteiger partial charge on any atom is -0.356 e. The predicted molar refractivity (Wildman–Crippen MR) is 95.6 cm³/mol. The van der Waals surface area contributed by atoms with Crippen molar-refractivity contribution in [2.45, 2.75) is 31.6 Å². The fourth-order valence-electron chi connectivity index (χ4n) is 2.41. The molecule has 0 fully saturated rings. The lowest BCUT2D eigenvalue weighted by molar-refractivity contribution is -0.120. The maximum Gasteiger partial charge on any atom is 0.240 e. The molecular weight excluding hydrogens is 340 g/mol. The Morgan fingerprint density at radius 1 is 1.24 bits per heavy atom. The monoisotopic (exact) mass is 364 g/mol. The Balaban J connectivity index is 1.78. The fourth-order valence-corrected chi connectivity index (χ4v) is 3.77. The summed E-state index contributed by atoms with van der Waals surface area (Å²) in [6, 6.07) is 5.27. The Morgan fingerprint density at radius 3 is 2.68 bits per heavy atom. The minimum atomic E-state index is -3.61. The van der Waals surface area contributed by atoms with Crippen molar-refractivity contribution in [1.29, 1.82) is 0 Å². The number of carbonyl (C=O) groups excluding carboxylic acids is 1. The van der Waals surface area contributed by atoms with E-state index in [9.17, 15) is 13.2 Å². The number of nitrogens with zero attached hydrogens (tertiary/aromatic N) is 2. The fraction of sp³-hybridized carbons (Fsp3) is 0.412. The van der Waals surface area contributed by atoms with E-state index in [4.69, 9.17) is 0 Å². The molecular formula is C17H24N4O3S. The second-order valence-electron chi connectivity index (χ2n) is 5.97. The second kappa shape index (κ2) is 8.26. The van der Waals surface area contributed by atoms with Crippen molar-refractivity contribution < 1.29 is 13.2 Å². The Morgan fingerprint density at radius 2 is 2.00 bits per heavy atom. The molecule has 2 aromatic rings. The van der Waals surface area contributed by atoms with Gasteiger partial charge in [-0.1, -0.05) is 12.1 Å². The number of rotatable bonds is 8. The van der Waals surface area contributed by atoms with E-state index in [-0.39, 0.29) is 23.8 Å². The number of benzene rings is 1. The lowest BCUT2D eigenvalue weighted by Gasteiger charge is -2.10. The van der Waals surface area contributed by atoms with Gasteiger partial charge in [0.15, 0.2) is 0 Å². The van der Waals surface area contributed by atoms with Crippen molar-refractivity contribution in [3.05, 3.63) is 47.5 Å². The van der Waals surface area contributed by atoms with E-state index in [1.165, 1.54) is 0 Å². The molecule has 0 aliphatic heterocycles. The molecule has 1 aromatic heterocycles. The van der Waals surface area contributed by atoms with Crippen LogP contribution in [0.3, 0.4) is 0 Å². The topological polar surface area (TPSA) is 93.1 Å². The highest BCUT2D eigenvalue weighted by atomic mass is 32.2. The van der Waals surface area contributed by atoms with Gasteiger partial charge in [0.05, 0.1) is 4.90 Å². The van der Waals surface area contributed by atoms with Gasteiger partial charge >= 0.3 is 0 Å². The number of imidazole rings is 1. The first-order valence-electron chi connectivity index (χ1n) is 8.09. The van der Waals surface area contributed by atoms with E-state index in [1.54, 1.807) is 25.3 Å². The Kier molecular flexibility index (Phi) is 6.33. The van der Waals surface area contributed by atoms with Crippen molar-refractivity contribution in [1.82, 2.24) is 19.6 Å². The lowest BCUT2D eigenvalue weighted by Crippen LogP contribution is -2.32. The van der Waals surface area contributed by atoms with Gasteiger partial charge in [0, 0.05) is 45.4 Å². The number of sulfonamides is 1. The maximum atomic E-state index is 12.3. The van der Waals surface area contributed by atoms with E-state index in [2.05, 4.69) is 15.0 Å². The van der Waals surface area contributed by atoms with Crippen molar-refractivity contribution in [2.75, 3.05) is 13.1 Å². The second-order valence-corrected chi connectivity index (χ2v) is 7.71. The summed E-state index contributed by atoms with van der Waals surface area (Å²) in [5, 5.41) is 2.77. The number of hydrogen-bond acceptors (Lipinski definition) is 4. The standard InChI is InChI=1S/C17H24N4O3S/c1-13-4-5-14(2)15(12-13)25(23,24)20-9-7-17(22)19-8-6-16-18-10-11-21(16)3/h4-5,10-12,20H,6-9H2,1-3H3,(H,19,22). The molecule has 8 heteroatoms. The van der Waals surface area contributed by atoms with Crippen molar-refractivity contribution in [3.63, 3.8) is 0 Å². The number of aryl methyl sites for hydroxylation is 3. The lowest BCUT2D eigenvalue weighted by atomic mass is 10.2. The Hall–Kier alpha value is -2.19. The molecule has 0 saturated heterocycles. The van der Waals surface area contributed by atoms with Crippen LogP contribution in [0.4, 0.5) is 0 Å². The molecule has 1 aromatic carbocycles. The molecule has 136 valence electrons. The average Bonchev–Trinajstić information content (AvgIpc) is 2.95. The summed E-state index contributed by atoms with van der Waals surface area (Å²) >= 11 is 0. The van der Waals surface area contributed by atoms with E-state index in [0.717, 1.165) is 11.4 Å². The molecule has 1 amide bonds. The van der Waals surface area contributed by atoms with Crippen molar-refractivity contribution in [2.24, 2.45) is 7.05 Å². The van der Waals surface area contributed by atoms with E-state index in [0.29, 0.717) is 18.5 Å². The summed E-state index contributed by atoms with van der Waals surface area (Å²) in [7, 11) is -1.72. The van der Waals surface area contributed by atoms with Crippen LogP contribution in [-0.4, -0.2) is 37.0 Å². The SMILES string of the molecule is Cc1ccc(C)c(S(=O)(=O)NCCC(=O)NCCc2nccn2C)c1. The number of aromatic nitrogens is 2. The highest BCUT2D eigenvalue weighted by Crippen LogP contribution is 2.16. The summed E-state index contributed by atoms with van der Waals surface area (Å²) in [5.41, 5.74) is 1.55. The van der Waals surface area contributed by atoms with Crippen LogP contribution in [0.25, 0.3) is 0 Å². The molecule has 0 aliphatic rings. The first kappa shape index (κ1) is 19.1.